The number of hydrogen-bond donors (Lipinski definition) is 2. The van der Waals surface area contributed by atoms with Crippen LogP contribution in [0.2, 0.25) is 0 Å². The third-order valence-electron chi connectivity index (χ3n) is 8.10. The number of carboxylic acid groups (broad SMARTS) is 1. The minimum atomic E-state index is -1.06. The largest absolute Gasteiger partial charge is 0.480 e. The molecule has 42 heavy (non-hydrogen) atoms. The number of carboxylic acids is 1. The Labute approximate surface area is 252 Å². The van der Waals surface area contributed by atoms with E-state index in [1.165, 1.54) is 23.3 Å². The highest BCUT2D eigenvalue weighted by atomic mass is 32.1. The predicted octanol–water partition coefficient (Wildman–Crippen LogP) is 8.11. The number of hydrogen-bond acceptors (Lipinski definition) is 5. The molecule has 2 aromatic carbocycles. The number of aliphatic carboxylic acids is 1. The summed E-state index contributed by atoms with van der Waals surface area (Å²) >= 11 is 1.58. The molecular formula is C35H40N2O4S. The Morgan fingerprint density at radius 2 is 1.69 bits per heavy atom. The number of aromatic nitrogens is 1. The Morgan fingerprint density at radius 3 is 2.33 bits per heavy atom. The van der Waals surface area contributed by atoms with Crippen LogP contribution in [0.4, 0.5) is 0 Å². The fourth-order valence-corrected chi connectivity index (χ4v) is 6.64. The van der Waals surface area contributed by atoms with Gasteiger partial charge in [-0.05, 0) is 77.6 Å². The summed E-state index contributed by atoms with van der Waals surface area (Å²) in [6.45, 7) is 8.63. The van der Waals surface area contributed by atoms with Gasteiger partial charge < -0.3 is 15.2 Å². The van der Waals surface area contributed by atoms with Crippen LogP contribution < -0.4 is 10.1 Å². The summed E-state index contributed by atoms with van der Waals surface area (Å²) in [5.41, 5.74) is 2.41. The quantitative estimate of drug-likeness (QED) is 0.197. The number of benzene rings is 2. The zero-order valence-corrected chi connectivity index (χ0v) is 25.7. The summed E-state index contributed by atoms with van der Waals surface area (Å²) in [6.07, 6.45) is 6.64. The van der Waals surface area contributed by atoms with E-state index in [1.807, 2.05) is 42.5 Å². The van der Waals surface area contributed by atoms with Gasteiger partial charge in [0.25, 0.3) is 5.91 Å². The molecule has 0 bridgehead atoms. The van der Waals surface area contributed by atoms with Crippen molar-refractivity contribution in [2.24, 2.45) is 5.92 Å². The minimum absolute atomic E-state index is 0.0688. The van der Waals surface area contributed by atoms with Crippen molar-refractivity contribution in [3.63, 3.8) is 0 Å². The monoisotopic (exact) mass is 584 g/mol. The molecule has 0 radical (unpaired) electrons. The van der Waals surface area contributed by atoms with Crippen LogP contribution in [-0.4, -0.2) is 28.0 Å². The average molecular weight is 585 g/mol. The van der Waals surface area contributed by atoms with Crippen LogP contribution in [0.3, 0.4) is 0 Å². The second-order valence-corrected chi connectivity index (χ2v) is 13.6. The molecule has 5 rings (SSSR count). The van der Waals surface area contributed by atoms with Gasteiger partial charge in [0.1, 0.15) is 23.2 Å². The molecule has 0 spiro atoms. The van der Waals surface area contributed by atoms with Crippen molar-refractivity contribution in [1.82, 2.24) is 10.3 Å². The number of amides is 1. The highest BCUT2D eigenvalue weighted by molar-refractivity contribution is 7.12. The maximum absolute atomic E-state index is 13.4. The summed E-state index contributed by atoms with van der Waals surface area (Å²) in [6, 6.07) is 18.7. The van der Waals surface area contributed by atoms with Gasteiger partial charge in [0.15, 0.2) is 0 Å². The average Bonchev–Trinajstić information content (AvgIpc) is 3.64. The second kappa shape index (κ2) is 12.7. The molecule has 1 saturated carbocycles. The molecule has 1 unspecified atom stereocenters. The number of aryl methyl sites for hydroxylation is 1. The number of thiophene rings is 1. The molecule has 7 heteroatoms. The van der Waals surface area contributed by atoms with Crippen LogP contribution in [0.5, 0.6) is 11.5 Å². The first kappa shape index (κ1) is 29.8. The second-order valence-electron chi connectivity index (χ2n) is 12.4. The summed E-state index contributed by atoms with van der Waals surface area (Å²) in [5.74, 6) is 0.473. The van der Waals surface area contributed by atoms with Gasteiger partial charge in [0.05, 0.1) is 0 Å². The number of ether oxygens (including phenoxy) is 1. The lowest BCUT2D eigenvalue weighted by Crippen LogP contribution is -2.42. The van der Waals surface area contributed by atoms with Crippen LogP contribution in [-0.2, 0) is 29.5 Å². The highest BCUT2D eigenvalue weighted by Crippen LogP contribution is 2.33. The molecule has 1 atom stereocenters. The Bertz CT molecular complexity index is 1560. The van der Waals surface area contributed by atoms with E-state index in [4.69, 9.17) is 9.72 Å². The van der Waals surface area contributed by atoms with E-state index in [1.54, 1.807) is 17.4 Å². The van der Waals surface area contributed by atoms with Crippen molar-refractivity contribution in [1.29, 1.82) is 0 Å². The summed E-state index contributed by atoms with van der Waals surface area (Å²) in [5, 5.41) is 14.5. The SMILES string of the molecule is CCc1ccc(CC(NC(=O)c2cc3ccc(Oc4ccc(C(C)(C)C)cc4)cc3c(CC3CCCC3)n2)C(=O)O)s1. The number of carbonyl (C=O) groups is 2. The molecule has 6 nitrogen and oxygen atoms in total. The van der Waals surface area contributed by atoms with Crippen molar-refractivity contribution in [3.8, 4) is 11.5 Å². The smallest absolute Gasteiger partial charge is 0.326 e. The van der Waals surface area contributed by atoms with Gasteiger partial charge in [-0.25, -0.2) is 9.78 Å². The molecule has 2 aromatic heterocycles. The zero-order valence-electron chi connectivity index (χ0n) is 24.9. The van der Waals surface area contributed by atoms with Crippen molar-refractivity contribution in [3.05, 3.63) is 87.4 Å². The van der Waals surface area contributed by atoms with Crippen molar-refractivity contribution in [2.75, 3.05) is 0 Å². The normalized spacial score (nSPS) is 14.7. The van der Waals surface area contributed by atoms with Gasteiger partial charge in [0, 0.05) is 27.3 Å². The van der Waals surface area contributed by atoms with Crippen LogP contribution in [0.25, 0.3) is 10.8 Å². The molecule has 0 aliphatic heterocycles. The van der Waals surface area contributed by atoms with Gasteiger partial charge in [0.2, 0.25) is 0 Å². The topological polar surface area (TPSA) is 88.5 Å². The Kier molecular flexibility index (Phi) is 8.97. The van der Waals surface area contributed by atoms with Gasteiger partial charge in [-0.15, -0.1) is 11.3 Å². The minimum Gasteiger partial charge on any atom is -0.480 e. The zero-order chi connectivity index (χ0) is 29.9. The summed E-state index contributed by atoms with van der Waals surface area (Å²) in [7, 11) is 0. The van der Waals surface area contributed by atoms with Gasteiger partial charge in [-0.2, -0.15) is 0 Å². The summed E-state index contributed by atoms with van der Waals surface area (Å²) < 4.78 is 6.23. The first-order valence-corrected chi connectivity index (χ1v) is 15.7. The van der Waals surface area contributed by atoms with E-state index < -0.39 is 17.9 Å². The molecule has 1 amide bonds. The summed E-state index contributed by atoms with van der Waals surface area (Å²) in [4.78, 5) is 32.4. The van der Waals surface area contributed by atoms with E-state index in [2.05, 4.69) is 45.1 Å². The predicted molar refractivity (Wildman–Crippen MR) is 169 cm³/mol. The van der Waals surface area contributed by atoms with Crippen LogP contribution in [0.1, 0.15) is 84.9 Å². The first-order chi connectivity index (χ1) is 20.1. The van der Waals surface area contributed by atoms with Crippen LogP contribution >= 0.6 is 11.3 Å². The van der Waals surface area contributed by atoms with E-state index >= 15 is 0 Å². The Balaban J connectivity index is 1.41. The molecule has 1 aliphatic carbocycles. The fourth-order valence-electron chi connectivity index (χ4n) is 5.63. The molecule has 2 N–H and O–H groups in total. The maximum Gasteiger partial charge on any atom is 0.326 e. The molecule has 220 valence electrons. The molecular weight excluding hydrogens is 544 g/mol. The molecule has 1 fully saturated rings. The lowest BCUT2D eigenvalue weighted by Gasteiger charge is -2.19. The maximum atomic E-state index is 13.4. The van der Waals surface area contributed by atoms with E-state index in [0.29, 0.717) is 11.7 Å². The Hall–Kier alpha value is -3.71. The number of nitrogens with one attached hydrogen (secondary N) is 1. The number of fused-ring (bicyclic) bond motifs is 1. The third-order valence-corrected chi connectivity index (χ3v) is 9.36. The fraction of sp³-hybridized carbons (Fsp3) is 0.400. The highest BCUT2D eigenvalue weighted by Gasteiger charge is 2.25. The molecule has 2 heterocycles. The molecule has 0 saturated heterocycles. The third kappa shape index (κ3) is 7.19. The van der Waals surface area contributed by atoms with Crippen molar-refractivity contribution >= 4 is 34.0 Å². The van der Waals surface area contributed by atoms with E-state index in [9.17, 15) is 14.7 Å². The lowest BCUT2D eigenvalue weighted by atomic mass is 9.87. The lowest BCUT2D eigenvalue weighted by molar-refractivity contribution is -0.139. The van der Waals surface area contributed by atoms with Crippen LogP contribution in [0, 0.1) is 5.92 Å². The number of rotatable bonds is 10. The van der Waals surface area contributed by atoms with Gasteiger partial charge in [-0.1, -0.05) is 71.6 Å². The molecule has 1 aliphatic rings. The number of carbonyl (C=O) groups excluding carboxylic acids is 1. The first-order valence-electron chi connectivity index (χ1n) is 14.9. The van der Waals surface area contributed by atoms with Crippen LogP contribution in [0.15, 0.2) is 60.7 Å². The number of nitrogens with zero attached hydrogens (tertiary/aromatic N) is 1. The van der Waals surface area contributed by atoms with Gasteiger partial charge >= 0.3 is 5.97 Å². The molecule has 4 aromatic rings. The Morgan fingerprint density at radius 1 is 1.00 bits per heavy atom. The standard InChI is InChI=1S/C35H40N2O4S/c1-5-27-16-17-28(42-27)21-32(34(39)40)37-33(38)31-19-23-10-13-26(41-25-14-11-24(12-15-25)35(2,3)4)20-29(23)30(36-31)18-22-8-6-7-9-22/h10-17,19-20,22,32H,5-9,18,21H2,1-4H3,(H,37,38)(H,39,40). The van der Waals surface area contributed by atoms with Crippen molar-refractivity contribution in [2.45, 2.75) is 84.1 Å². The van der Waals surface area contributed by atoms with Crippen molar-refractivity contribution < 1.29 is 19.4 Å². The number of pyridine rings is 1. The van der Waals surface area contributed by atoms with E-state index in [0.717, 1.165) is 52.8 Å². The van der Waals surface area contributed by atoms with Gasteiger partial charge in [-0.3, -0.25) is 4.79 Å². The van der Waals surface area contributed by atoms with E-state index in [-0.39, 0.29) is 17.5 Å².